The number of ether oxygens (including phenoxy) is 1. The number of esters is 1. The zero-order valence-corrected chi connectivity index (χ0v) is 21.8. The molecule has 3 saturated carbocycles. The Morgan fingerprint density at radius 3 is 2.03 bits per heavy atom. The highest BCUT2D eigenvalue weighted by molar-refractivity contribution is 5.72. The molecule has 0 aromatic rings. The van der Waals surface area contributed by atoms with Crippen LogP contribution in [0, 0.1) is 40.4 Å². The van der Waals surface area contributed by atoms with Crippen molar-refractivity contribution in [3.05, 3.63) is 0 Å². The maximum Gasteiger partial charge on any atom is 0.309 e. The zero-order chi connectivity index (χ0) is 23.5. The first kappa shape index (κ1) is 26.6. The summed E-state index contributed by atoms with van der Waals surface area (Å²) < 4.78 is 6.02. The van der Waals surface area contributed by atoms with E-state index in [1.807, 2.05) is 0 Å². The van der Waals surface area contributed by atoms with Crippen LogP contribution in [-0.4, -0.2) is 12.1 Å². The van der Waals surface area contributed by atoms with Crippen molar-refractivity contribution < 1.29 is 9.53 Å². The normalized spacial score (nSPS) is 35.0. The summed E-state index contributed by atoms with van der Waals surface area (Å²) in [5, 5.41) is 9.83. The summed E-state index contributed by atoms with van der Waals surface area (Å²) in [4.78, 5) is 12.8. The number of carbonyl (C=O) groups excluding carboxylic acids is 1. The Morgan fingerprint density at radius 1 is 0.818 bits per heavy atom. The lowest BCUT2D eigenvalue weighted by molar-refractivity contribution is -0.157. The summed E-state index contributed by atoms with van der Waals surface area (Å²) in [7, 11) is 0. The maximum atomic E-state index is 12.8. The minimum Gasteiger partial charge on any atom is -0.462 e. The van der Waals surface area contributed by atoms with Crippen molar-refractivity contribution in [1.82, 2.24) is 0 Å². The lowest BCUT2D eigenvalue weighted by Crippen LogP contribution is -2.34. The molecular weight excluding hydrogens is 406 g/mol. The molecule has 0 unspecified atom stereocenters. The molecule has 0 spiro atoms. The number of rotatable bonds is 11. The minimum atomic E-state index is -0.0343. The van der Waals surface area contributed by atoms with Gasteiger partial charge >= 0.3 is 5.97 Å². The van der Waals surface area contributed by atoms with Crippen LogP contribution in [0.4, 0.5) is 0 Å². The van der Waals surface area contributed by atoms with Crippen molar-refractivity contribution in [3.63, 3.8) is 0 Å². The average molecular weight is 458 g/mol. The van der Waals surface area contributed by atoms with E-state index in [4.69, 9.17) is 4.74 Å². The fourth-order valence-corrected chi connectivity index (χ4v) is 7.10. The summed E-state index contributed by atoms with van der Waals surface area (Å²) in [6, 6.07) is 2.72. The van der Waals surface area contributed by atoms with Gasteiger partial charge in [-0.2, -0.15) is 5.26 Å². The third kappa shape index (κ3) is 8.00. The molecule has 188 valence electrons. The molecule has 0 atom stereocenters. The topological polar surface area (TPSA) is 50.1 Å². The molecule has 0 radical (unpaired) electrons. The first-order chi connectivity index (χ1) is 16.1. The van der Waals surface area contributed by atoms with E-state index in [2.05, 4.69) is 19.9 Å². The van der Waals surface area contributed by atoms with Gasteiger partial charge in [0.05, 0.1) is 17.4 Å². The summed E-state index contributed by atoms with van der Waals surface area (Å²) in [5.74, 6) is 2.69. The lowest BCUT2D eigenvalue weighted by atomic mass is 9.64. The van der Waals surface area contributed by atoms with Gasteiger partial charge in [0.2, 0.25) is 0 Å². The average Bonchev–Trinajstić information content (AvgIpc) is 2.86. The second kappa shape index (κ2) is 13.7. The highest BCUT2D eigenvalue weighted by Crippen LogP contribution is 2.47. The van der Waals surface area contributed by atoms with E-state index >= 15 is 0 Å². The van der Waals surface area contributed by atoms with Gasteiger partial charge in [-0.15, -0.1) is 0 Å². The van der Waals surface area contributed by atoms with Crippen molar-refractivity contribution in [3.8, 4) is 6.07 Å². The Kier molecular flexibility index (Phi) is 11.1. The molecule has 0 aromatic carbocycles. The van der Waals surface area contributed by atoms with Crippen LogP contribution >= 0.6 is 0 Å². The third-order valence-electron chi connectivity index (χ3n) is 9.55. The van der Waals surface area contributed by atoms with E-state index in [0.29, 0.717) is 0 Å². The number of unbranched alkanes of at least 4 members (excludes halogenated alkanes) is 4. The molecule has 0 amide bonds. The van der Waals surface area contributed by atoms with Crippen molar-refractivity contribution in [2.45, 2.75) is 148 Å². The van der Waals surface area contributed by atoms with Gasteiger partial charge in [0, 0.05) is 0 Å². The Hall–Kier alpha value is -1.04. The largest absolute Gasteiger partial charge is 0.462 e. The van der Waals surface area contributed by atoms with Crippen molar-refractivity contribution in [1.29, 1.82) is 5.26 Å². The van der Waals surface area contributed by atoms with Gasteiger partial charge in [0.1, 0.15) is 6.10 Å². The summed E-state index contributed by atoms with van der Waals surface area (Å²) in [6.45, 7) is 4.51. The van der Waals surface area contributed by atoms with E-state index in [0.717, 1.165) is 62.7 Å². The quantitative estimate of drug-likeness (QED) is 0.230. The van der Waals surface area contributed by atoms with Crippen molar-refractivity contribution in [2.75, 3.05) is 0 Å². The SMILES string of the molecule is CCCCCC1(C#N)CCC(C2CCC(OC(=O)[C@H]3CC[C@H](CCCCC)CC3)CC2)CC1. The molecule has 3 aliphatic carbocycles. The first-order valence-electron chi connectivity index (χ1n) is 14.7. The number of nitrogens with zero attached hydrogens (tertiary/aromatic N) is 1. The molecule has 0 saturated heterocycles. The fraction of sp³-hybridized carbons (Fsp3) is 0.933. The summed E-state index contributed by atoms with van der Waals surface area (Å²) in [6.07, 6.45) is 24.1. The zero-order valence-electron chi connectivity index (χ0n) is 21.8. The number of hydrogen-bond acceptors (Lipinski definition) is 3. The van der Waals surface area contributed by atoms with Gasteiger partial charge in [-0.05, 0) is 101 Å². The smallest absolute Gasteiger partial charge is 0.309 e. The Balaban J connectivity index is 1.33. The lowest BCUT2D eigenvalue weighted by Gasteiger charge is -2.40. The molecule has 3 nitrogen and oxygen atoms in total. The Labute approximate surface area is 204 Å². The van der Waals surface area contributed by atoms with Crippen molar-refractivity contribution >= 4 is 5.97 Å². The standard InChI is InChI=1S/C30H51NO2/c1-3-5-7-9-24-10-12-27(13-11-24)29(32)33-28-16-14-25(15-17-28)26-18-21-30(23-31,22-19-26)20-8-6-4-2/h24-28H,3-22H2,1-2H3/t24-,25?,26?,27-,28?,30?. The van der Waals surface area contributed by atoms with Gasteiger partial charge in [0.25, 0.3) is 0 Å². The van der Waals surface area contributed by atoms with Gasteiger partial charge in [-0.25, -0.2) is 0 Å². The van der Waals surface area contributed by atoms with Gasteiger partial charge in [-0.1, -0.05) is 58.8 Å². The van der Waals surface area contributed by atoms with Crippen LogP contribution in [0.1, 0.15) is 142 Å². The minimum absolute atomic E-state index is 0.0343. The number of carbonyl (C=O) groups is 1. The molecule has 3 aliphatic rings. The van der Waals surface area contributed by atoms with E-state index in [1.54, 1.807) is 0 Å². The van der Waals surface area contributed by atoms with Crippen LogP contribution in [0.5, 0.6) is 0 Å². The molecule has 0 bridgehead atoms. The number of hydrogen-bond donors (Lipinski definition) is 0. The van der Waals surface area contributed by atoms with Crippen LogP contribution in [-0.2, 0) is 9.53 Å². The molecule has 33 heavy (non-hydrogen) atoms. The van der Waals surface area contributed by atoms with Crippen LogP contribution in [0.25, 0.3) is 0 Å². The second-order valence-corrected chi connectivity index (χ2v) is 11.9. The summed E-state index contributed by atoms with van der Waals surface area (Å²) in [5.41, 5.74) is -0.0343. The van der Waals surface area contributed by atoms with Crippen LogP contribution in [0.2, 0.25) is 0 Å². The van der Waals surface area contributed by atoms with Crippen LogP contribution in [0.3, 0.4) is 0 Å². The van der Waals surface area contributed by atoms with Crippen LogP contribution < -0.4 is 0 Å². The molecule has 0 aromatic heterocycles. The number of nitriles is 1. The van der Waals surface area contributed by atoms with E-state index in [-0.39, 0.29) is 23.4 Å². The highest BCUT2D eigenvalue weighted by Gasteiger charge is 2.39. The van der Waals surface area contributed by atoms with E-state index in [9.17, 15) is 10.1 Å². The van der Waals surface area contributed by atoms with E-state index < -0.39 is 0 Å². The molecule has 3 heteroatoms. The van der Waals surface area contributed by atoms with Crippen molar-refractivity contribution in [2.24, 2.45) is 29.1 Å². The maximum absolute atomic E-state index is 12.8. The predicted octanol–water partition coefficient (Wildman–Crippen LogP) is 8.76. The second-order valence-electron chi connectivity index (χ2n) is 11.9. The van der Waals surface area contributed by atoms with Gasteiger partial charge in [-0.3, -0.25) is 4.79 Å². The fourth-order valence-electron chi connectivity index (χ4n) is 7.10. The van der Waals surface area contributed by atoms with Gasteiger partial charge < -0.3 is 4.74 Å². The first-order valence-corrected chi connectivity index (χ1v) is 14.7. The Morgan fingerprint density at radius 2 is 1.42 bits per heavy atom. The molecule has 3 rings (SSSR count). The molecule has 0 aliphatic heterocycles. The molecule has 0 N–H and O–H groups in total. The summed E-state index contributed by atoms with van der Waals surface area (Å²) >= 11 is 0. The third-order valence-corrected chi connectivity index (χ3v) is 9.55. The van der Waals surface area contributed by atoms with E-state index in [1.165, 1.54) is 83.5 Å². The Bertz CT molecular complexity index is 599. The molecule has 3 fully saturated rings. The molecular formula is C30H51NO2. The van der Waals surface area contributed by atoms with Gasteiger partial charge in [0.15, 0.2) is 0 Å². The highest BCUT2D eigenvalue weighted by atomic mass is 16.5. The molecule has 0 heterocycles. The predicted molar refractivity (Wildman–Crippen MR) is 136 cm³/mol. The monoisotopic (exact) mass is 457 g/mol. The van der Waals surface area contributed by atoms with Crippen LogP contribution in [0.15, 0.2) is 0 Å².